The van der Waals surface area contributed by atoms with E-state index in [4.69, 9.17) is 8.83 Å². The van der Waals surface area contributed by atoms with Gasteiger partial charge in [0.15, 0.2) is 0 Å². The third-order valence-electron chi connectivity index (χ3n) is 9.69. The maximum atomic E-state index is 6.33. The summed E-state index contributed by atoms with van der Waals surface area (Å²) < 4.78 is 12.6. The first-order valence-corrected chi connectivity index (χ1v) is 16.3. The van der Waals surface area contributed by atoms with Crippen LogP contribution in [0.3, 0.4) is 0 Å². The monoisotopic (exact) mass is 612 g/mol. The van der Waals surface area contributed by atoms with E-state index in [1.807, 2.05) is 30.3 Å². The van der Waals surface area contributed by atoms with Crippen LogP contribution in [0.4, 0.5) is 0 Å². The lowest BCUT2D eigenvalue weighted by Crippen LogP contribution is -1.90. The van der Waals surface area contributed by atoms with Crippen LogP contribution in [0, 0.1) is 0 Å². The van der Waals surface area contributed by atoms with Crippen molar-refractivity contribution in [2.45, 2.75) is 0 Å². The van der Waals surface area contributed by atoms with Crippen molar-refractivity contribution >= 4 is 54.5 Å². The summed E-state index contributed by atoms with van der Waals surface area (Å²) in [6, 6.07) is 60.3. The molecule has 0 bridgehead atoms. The minimum Gasteiger partial charge on any atom is -0.456 e. The highest BCUT2D eigenvalue weighted by molar-refractivity contribution is 6.22. The van der Waals surface area contributed by atoms with Crippen LogP contribution >= 0.6 is 0 Å². The van der Waals surface area contributed by atoms with E-state index >= 15 is 0 Å². The van der Waals surface area contributed by atoms with Gasteiger partial charge in [0.05, 0.1) is 0 Å². The third-order valence-corrected chi connectivity index (χ3v) is 9.69. The summed E-state index contributed by atoms with van der Waals surface area (Å²) in [5.41, 5.74) is 10.9. The number of hydrogen-bond acceptors (Lipinski definition) is 2. The lowest BCUT2D eigenvalue weighted by Gasteiger charge is -2.18. The zero-order valence-electron chi connectivity index (χ0n) is 26.0. The molecule has 0 saturated carbocycles. The standard InChI is InChI=1S/C46H28O2/c1-3-11-30(12-4-1)43-28-39-41(48-43)25-26-42-46(39)38-27-33(23-24-40(38)47-42)29-19-21-32(22-20-29)45-36-17-9-7-15-34(36)44(31-13-5-2-6-14-31)35-16-8-10-18-37(35)45/h1-28H. The number of hydrogen-bond donors (Lipinski definition) is 0. The Balaban J connectivity index is 1.11. The van der Waals surface area contributed by atoms with Gasteiger partial charge in [-0.15, -0.1) is 0 Å². The molecule has 0 amide bonds. The Morgan fingerprint density at radius 3 is 1.33 bits per heavy atom. The van der Waals surface area contributed by atoms with Crippen molar-refractivity contribution in [1.29, 1.82) is 0 Å². The van der Waals surface area contributed by atoms with Gasteiger partial charge in [0.1, 0.15) is 22.5 Å². The van der Waals surface area contributed by atoms with Crippen molar-refractivity contribution in [3.63, 3.8) is 0 Å². The maximum Gasteiger partial charge on any atom is 0.136 e. The predicted octanol–water partition coefficient (Wildman–Crippen LogP) is 13.3. The molecule has 10 aromatic rings. The minimum atomic E-state index is 0.857. The Morgan fingerprint density at radius 1 is 0.271 bits per heavy atom. The largest absolute Gasteiger partial charge is 0.456 e. The molecule has 0 aliphatic heterocycles. The van der Waals surface area contributed by atoms with Crippen LogP contribution in [-0.4, -0.2) is 0 Å². The van der Waals surface area contributed by atoms with Crippen molar-refractivity contribution in [2.24, 2.45) is 0 Å². The fraction of sp³-hybridized carbons (Fsp3) is 0. The quantitative estimate of drug-likeness (QED) is 0.185. The van der Waals surface area contributed by atoms with Crippen LogP contribution < -0.4 is 0 Å². The van der Waals surface area contributed by atoms with Gasteiger partial charge in [0.2, 0.25) is 0 Å². The maximum absolute atomic E-state index is 6.33. The molecule has 8 aromatic carbocycles. The van der Waals surface area contributed by atoms with Gasteiger partial charge in [-0.3, -0.25) is 0 Å². The summed E-state index contributed by atoms with van der Waals surface area (Å²) in [6.07, 6.45) is 0. The summed E-state index contributed by atoms with van der Waals surface area (Å²) in [5, 5.41) is 8.28. The average molecular weight is 613 g/mol. The Bertz CT molecular complexity index is 2750. The molecule has 0 N–H and O–H groups in total. The van der Waals surface area contributed by atoms with Crippen molar-refractivity contribution in [3.05, 3.63) is 170 Å². The molecular formula is C46H28O2. The van der Waals surface area contributed by atoms with Gasteiger partial charge >= 0.3 is 0 Å². The SMILES string of the molecule is c1ccc(-c2cc3c(ccc4oc5ccc(-c6ccc(-c7c8ccccc8c(-c8ccccc8)c8ccccc78)cc6)cc5c43)o2)cc1. The molecular weight excluding hydrogens is 585 g/mol. The van der Waals surface area contributed by atoms with E-state index in [2.05, 4.69) is 140 Å². The normalized spacial score (nSPS) is 11.8. The van der Waals surface area contributed by atoms with Gasteiger partial charge in [-0.25, -0.2) is 0 Å². The van der Waals surface area contributed by atoms with E-state index in [1.165, 1.54) is 43.8 Å². The lowest BCUT2D eigenvalue weighted by atomic mass is 9.86. The van der Waals surface area contributed by atoms with E-state index in [1.54, 1.807) is 0 Å². The Morgan fingerprint density at radius 2 is 0.708 bits per heavy atom. The van der Waals surface area contributed by atoms with Crippen molar-refractivity contribution < 1.29 is 8.83 Å². The first-order valence-electron chi connectivity index (χ1n) is 16.3. The molecule has 2 heteroatoms. The zero-order chi connectivity index (χ0) is 31.6. The Kier molecular flexibility index (Phi) is 5.91. The second kappa shape index (κ2) is 10.6. The molecule has 224 valence electrons. The van der Waals surface area contributed by atoms with Crippen LogP contribution in [-0.2, 0) is 0 Å². The molecule has 0 fully saturated rings. The smallest absolute Gasteiger partial charge is 0.136 e. The highest BCUT2D eigenvalue weighted by Gasteiger charge is 2.18. The van der Waals surface area contributed by atoms with E-state index in [0.717, 1.165) is 55.4 Å². The topological polar surface area (TPSA) is 26.3 Å². The highest BCUT2D eigenvalue weighted by Crippen LogP contribution is 2.44. The molecule has 0 atom stereocenters. The van der Waals surface area contributed by atoms with E-state index in [-0.39, 0.29) is 0 Å². The van der Waals surface area contributed by atoms with Crippen LogP contribution in [0.15, 0.2) is 179 Å². The third kappa shape index (κ3) is 4.13. The summed E-state index contributed by atoms with van der Waals surface area (Å²) in [7, 11) is 0. The van der Waals surface area contributed by atoms with Crippen molar-refractivity contribution in [1.82, 2.24) is 0 Å². The molecule has 0 radical (unpaired) electrons. The molecule has 2 heterocycles. The molecule has 0 aliphatic carbocycles. The van der Waals surface area contributed by atoms with Gasteiger partial charge in [0, 0.05) is 21.7 Å². The first-order chi connectivity index (χ1) is 23.8. The Labute approximate surface area is 277 Å². The molecule has 10 rings (SSSR count). The summed E-state index contributed by atoms with van der Waals surface area (Å²) in [6.45, 7) is 0. The fourth-order valence-corrected chi connectivity index (χ4v) is 7.50. The molecule has 2 aromatic heterocycles. The molecule has 0 unspecified atom stereocenters. The van der Waals surface area contributed by atoms with Crippen LogP contribution in [0.25, 0.3) is 99.2 Å². The van der Waals surface area contributed by atoms with Gasteiger partial charge in [0.25, 0.3) is 0 Å². The van der Waals surface area contributed by atoms with E-state index < -0.39 is 0 Å². The predicted molar refractivity (Wildman–Crippen MR) is 200 cm³/mol. The van der Waals surface area contributed by atoms with Gasteiger partial charge in [-0.1, -0.05) is 140 Å². The number of furan rings is 2. The minimum absolute atomic E-state index is 0.857. The molecule has 0 spiro atoms. The Hall–Kier alpha value is -6.38. The van der Waals surface area contributed by atoms with Crippen molar-refractivity contribution in [2.75, 3.05) is 0 Å². The summed E-state index contributed by atoms with van der Waals surface area (Å²) in [4.78, 5) is 0. The second-order valence-electron chi connectivity index (χ2n) is 12.4. The highest BCUT2D eigenvalue weighted by atomic mass is 16.3. The van der Waals surface area contributed by atoms with Crippen molar-refractivity contribution in [3.8, 4) is 44.7 Å². The van der Waals surface area contributed by atoms with E-state index in [0.29, 0.717) is 0 Å². The fourth-order valence-electron chi connectivity index (χ4n) is 7.50. The molecule has 48 heavy (non-hydrogen) atoms. The van der Waals surface area contributed by atoms with Gasteiger partial charge < -0.3 is 8.83 Å². The lowest BCUT2D eigenvalue weighted by molar-refractivity contribution is 0.631. The summed E-state index contributed by atoms with van der Waals surface area (Å²) in [5.74, 6) is 0.857. The van der Waals surface area contributed by atoms with Gasteiger partial charge in [-0.05, 0) is 85.3 Å². The molecule has 2 nitrogen and oxygen atoms in total. The number of benzene rings is 8. The second-order valence-corrected chi connectivity index (χ2v) is 12.4. The molecule has 0 saturated heterocycles. The van der Waals surface area contributed by atoms with Crippen LogP contribution in [0.1, 0.15) is 0 Å². The number of rotatable bonds is 4. The van der Waals surface area contributed by atoms with Crippen LogP contribution in [0.5, 0.6) is 0 Å². The zero-order valence-corrected chi connectivity index (χ0v) is 26.0. The molecule has 0 aliphatic rings. The first kappa shape index (κ1) is 26.8. The van der Waals surface area contributed by atoms with Crippen LogP contribution in [0.2, 0.25) is 0 Å². The summed E-state index contributed by atoms with van der Waals surface area (Å²) >= 11 is 0. The average Bonchev–Trinajstić information content (AvgIpc) is 3.76. The number of fused-ring (bicyclic) bond motifs is 7. The van der Waals surface area contributed by atoms with E-state index in [9.17, 15) is 0 Å². The van der Waals surface area contributed by atoms with Gasteiger partial charge in [-0.2, -0.15) is 0 Å².